The Morgan fingerprint density at radius 2 is 1.47 bits per heavy atom. The fourth-order valence-corrected chi connectivity index (χ4v) is 6.47. The normalized spacial score (nSPS) is 21.1. The fourth-order valence-electron chi connectivity index (χ4n) is 6.47. The maximum atomic E-state index is 12.9. The third kappa shape index (κ3) is 5.44. The monoisotopic (exact) mass is 577 g/mol. The van der Waals surface area contributed by atoms with E-state index >= 15 is 0 Å². The van der Waals surface area contributed by atoms with Gasteiger partial charge in [0, 0.05) is 17.6 Å². The van der Waals surface area contributed by atoms with Crippen LogP contribution in [-0.2, 0) is 14.3 Å². The number of carbonyl (C=O) groups is 2. The Hall–Kier alpha value is -4.39. The maximum Gasteiger partial charge on any atom is 0.305 e. The molecule has 222 valence electrons. The van der Waals surface area contributed by atoms with Gasteiger partial charge in [0.2, 0.25) is 0 Å². The summed E-state index contributed by atoms with van der Waals surface area (Å²) < 4.78 is 4.94. The number of ketones is 1. The zero-order valence-corrected chi connectivity index (χ0v) is 26.4. The minimum absolute atomic E-state index is 0.0874. The number of allylic oxidation sites excluding steroid dienone is 15. The molecule has 1 aliphatic carbocycles. The van der Waals surface area contributed by atoms with E-state index in [2.05, 4.69) is 26.0 Å². The van der Waals surface area contributed by atoms with Crippen molar-refractivity contribution in [1.82, 2.24) is 0 Å². The van der Waals surface area contributed by atoms with E-state index in [4.69, 9.17) is 19.7 Å². The van der Waals surface area contributed by atoms with E-state index in [1.54, 1.807) is 13.8 Å². The van der Waals surface area contributed by atoms with Crippen LogP contribution in [0.3, 0.4) is 0 Å². The van der Waals surface area contributed by atoms with E-state index in [9.17, 15) is 14.7 Å². The molecule has 5 rings (SSSR count). The first-order chi connectivity index (χ1) is 20.4. The molecular weight excluding hydrogens is 538 g/mol. The molecule has 0 saturated carbocycles. The zero-order chi connectivity index (χ0) is 31.2. The van der Waals surface area contributed by atoms with E-state index < -0.39 is 0 Å². The Morgan fingerprint density at radius 1 is 0.791 bits per heavy atom. The Balaban J connectivity index is 1.79. The molecule has 0 atom stereocenters. The van der Waals surface area contributed by atoms with Gasteiger partial charge in [-0.05, 0) is 130 Å². The summed E-state index contributed by atoms with van der Waals surface area (Å²) in [5.74, 6) is -0.165. The fraction of sp³-hybridized carbons (Fsp3) is 0.361. The van der Waals surface area contributed by atoms with Crippen molar-refractivity contribution >= 4 is 28.9 Å². The molecule has 0 unspecified atom stereocenters. The lowest BCUT2D eigenvalue weighted by molar-refractivity contribution is -0.140. The number of aliphatic hydroxyl groups is 1. The van der Waals surface area contributed by atoms with Gasteiger partial charge in [0.1, 0.15) is 0 Å². The molecule has 5 aliphatic rings. The van der Waals surface area contributed by atoms with E-state index in [0.29, 0.717) is 34.7 Å². The molecule has 0 saturated heterocycles. The number of hydrogen-bond acceptors (Lipinski definition) is 7. The Labute approximate surface area is 253 Å². The lowest BCUT2D eigenvalue weighted by Gasteiger charge is -2.08. The molecule has 8 bridgehead atoms. The van der Waals surface area contributed by atoms with Crippen molar-refractivity contribution in [3.05, 3.63) is 103 Å². The molecule has 4 heterocycles. The first-order valence-corrected chi connectivity index (χ1v) is 14.9. The topological polar surface area (TPSA) is 101 Å². The lowest BCUT2D eigenvalue weighted by atomic mass is 9.95. The summed E-state index contributed by atoms with van der Waals surface area (Å²) in [6.45, 7) is 13.5. The van der Waals surface area contributed by atoms with Crippen LogP contribution in [0.15, 0.2) is 118 Å². The van der Waals surface area contributed by atoms with Crippen molar-refractivity contribution in [2.75, 3.05) is 7.11 Å². The van der Waals surface area contributed by atoms with Crippen LogP contribution in [0.2, 0.25) is 0 Å². The van der Waals surface area contributed by atoms with Gasteiger partial charge in [0.05, 0.1) is 47.1 Å². The first-order valence-electron chi connectivity index (χ1n) is 14.9. The van der Waals surface area contributed by atoms with Gasteiger partial charge in [0.25, 0.3) is 0 Å². The Morgan fingerprint density at radius 3 is 2.12 bits per heavy atom. The third-order valence-electron chi connectivity index (χ3n) is 8.79. The summed E-state index contributed by atoms with van der Waals surface area (Å²) in [6, 6.07) is 0. The smallest absolute Gasteiger partial charge is 0.305 e. The van der Waals surface area contributed by atoms with Crippen LogP contribution >= 0.6 is 0 Å². The maximum absolute atomic E-state index is 12.9. The van der Waals surface area contributed by atoms with Crippen LogP contribution < -0.4 is 0 Å². The quantitative estimate of drug-likeness (QED) is 0.257. The number of aliphatic hydroxyl groups excluding tert-OH is 1. The standard InChI is InChI=1S/C36H39N3O4/c1-9-10-26-18(2)24-13-25(26)15-31-27(11-12-34(42)43-8)19(3)29(37-31)16-32-36(23(7)41)21(5)30(39-32)17-33-35(22(6)40)20(4)28(14-24)38-33/h14-17,40H,9-13H2,1-8H3/b24-14?,25-15?,29-16?,30-17?,35-22-. The summed E-state index contributed by atoms with van der Waals surface area (Å²) in [4.78, 5) is 40.0. The van der Waals surface area contributed by atoms with Crippen LogP contribution in [-0.4, -0.2) is 41.1 Å². The van der Waals surface area contributed by atoms with Crippen LogP contribution in [0.5, 0.6) is 0 Å². The Kier molecular flexibility index (Phi) is 8.19. The van der Waals surface area contributed by atoms with Crippen molar-refractivity contribution in [3.8, 4) is 0 Å². The van der Waals surface area contributed by atoms with Crippen molar-refractivity contribution in [2.45, 2.75) is 80.6 Å². The van der Waals surface area contributed by atoms with Crippen LogP contribution in [0.25, 0.3) is 0 Å². The molecule has 0 fully saturated rings. The summed E-state index contributed by atoms with van der Waals surface area (Å²) >= 11 is 0. The lowest BCUT2D eigenvalue weighted by Crippen LogP contribution is -2.07. The number of fused-ring (bicyclic) bond motifs is 5. The minimum Gasteiger partial charge on any atom is -0.512 e. The van der Waals surface area contributed by atoms with Crippen molar-refractivity contribution in [3.63, 3.8) is 0 Å². The van der Waals surface area contributed by atoms with Crippen molar-refractivity contribution in [1.29, 1.82) is 0 Å². The van der Waals surface area contributed by atoms with Gasteiger partial charge in [-0.25, -0.2) is 15.0 Å². The highest BCUT2D eigenvalue weighted by molar-refractivity contribution is 6.29. The number of methoxy groups -OCH3 is 1. The second-order valence-electron chi connectivity index (χ2n) is 11.6. The van der Waals surface area contributed by atoms with Gasteiger partial charge < -0.3 is 9.84 Å². The van der Waals surface area contributed by atoms with Gasteiger partial charge in [-0.1, -0.05) is 13.3 Å². The van der Waals surface area contributed by atoms with Crippen LogP contribution in [0, 0.1) is 0 Å². The molecule has 0 amide bonds. The van der Waals surface area contributed by atoms with E-state index in [-0.39, 0.29) is 23.9 Å². The third-order valence-corrected chi connectivity index (χ3v) is 8.79. The molecule has 0 spiro atoms. The van der Waals surface area contributed by atoms with E-state index in [0.717, 1.165) is 58.7 Å². The molecule has 43 heavy (non-hydrogen) atoms. The number of ether oxygens (including phenoxy) is 1. The molecule has 7 heteroatoms. The van der Waals surface area contributed by atoms with Gasteiger partial charge in [0.15, 0.2) is 5.78 Å². The number of rotatable bonds is 6. The largest absolute Gasteiger partial charge is 0.512 e. The van der Waals surface area contributed by atoms with Crippen LogP contribution in [0.4, 0.5) is 0 Å². The molecular formula is C36H39N3O4. The summed E-state index contributed by atoms with van der Waals surface area (Å²) in [6.07, 6.45) is 11.5. The number of esters is 1. The number of Topliss-reactive ketones (excluding diaryl/α,β-unsaturated/α-hetero) is 1. The highest BCUT2D eigenvalue weighted by Crippen LogP contribution is 2.42. The molecule has 0 aromatic rings. The summed E-state index contributed by atoms with van der Waals surface area (Å²) in [5.41, 5.74) is 13.9. The van der Waals surface area contributed by atoms with Gasteiger partial charge in [-0.15, -0.1) is 0 Å². The van der Waals surface area contributed by atoms with Gasteiger partial charge in [-0.2, -0.15) is 0 Å². The van der Waals surface area contributed by atoms with Crippen LogP contribution in [0.1, 0.15) is 80.6 Å². The average molecular weight is 578 g/mol. The number of nitrogens with zero attached hydrogens (tertiary/aromatic N) is 3. The number of carbonyl (C=O) groups excluding carboxylic acids is 2. The molecule has 0 aromatic carbocycles. The highest BCUT2D eigenvalue weighted by Gasteiger charge is 2.30. The molecule has 4 aliphatic heterocycles. The second kappa shape index (κ2) is 11.7. The minimum atomic E-state index is -0.268. The van der Waals surface area contributed by atoms with Crippen molar-refractivity contribution in [2.24, 2.45) is 15.0 Å². The first kappa shape index (κ1) is 30.1. The van der Waals surface area contributed by atoms with E-state index in [1.807, 2.05) is 32.9 Å². The van der Waals surface area contributed by atoms with E-state index in [1.165, 1.54) is 29.4 Å². The Bertz CT molecular complexity index is 1750. The molecule has 0 radical (unpaired) electrons. The molecule has 0 aromatic heterocycles. The second-order valence-corrected chi connectivity index (χ2v) is 11.6. The van der Waals surface area contributed by atoms with Gasteiger partial charge >= 0.3 is 5.97 Å². The number of aliphatic imine (C=N–C) groups is 3. The number of hydrogen-bond donors (Lipinski definition) is 1. The highest BCUT2D eigenvalue weighted by atomic mass is 16.5. The molecule has 1 N–H and O–H groups in total. The predicted octanol–water partition coefficient (Wildman–Crippen LogP) is 7.79. The van der Waals surface area contributed by atoms with Crippen molar-refractivity contribution < 1.29 is 19.4 Å². The predicted molar refractivity (Wildman–Crippen MR) is 172 cm³/mol. The average Bonchev–Trinajstić information content (AvgIpc) is 3.61. The SMILES string of the molecule is CCCC1=C(C)C2=CC3=C(C)/C(=C(\C)O)C(=N3)C=C3N=C(C=C4N=C(C=C1C2)C(CCC(=O)OC)=C4C)C(C(C)=O)=C3C. The zero-order valence-electron chi connectivity index (χ0n) is 26.4. The summed E-state index contributed by atoms with van der Waals surface area (Å²) in [5, 5.41) is 10.7. The summed E-state index contributed by atoms with van der Waals surface area (Å²) in [7, 11) is 1.40. The van der Waals surface area contributed by atoms with Gasteiger partial charge in [-0.3, -0.25) is 9.59 Å². The molecule has 7 nitrogen and oxygen atoms in total.